The topological polar surface area (TPSA) is 75.6 Å². The molecule has 1 aliphatic rings. The summed E-state index contributed by atoms with van der Waals surface area (Å²) in [4.78, 5) is 23.2. The number of carbonyl (C=O) groups excluding carboxylic acids is 1. The van der Waals surface area contributed by atoms with Gasteiger partial charge < -0.3 is 15.2 Å². The third kappa shape index (κ3) is 6.30. The van der Waals surface area contributed by atoms with Gasteiger partial charge >= 0.3 is 12.1 Å². The zero-order valence-corrected chi connectivity index (χ0v) is 13.4. The molecule has 1 aliphatic carbocycles. The number of nitrogens with one attached hydrogen (secondary N) is 1. The number of benzene rings is 1. The van der Waals surface area contributed by atoms with E-state index in [1.54, 1.807) is 0 Å². The third-order valence-electron chi connectivity index (χ3n) is 4.35. The first-order valence-electron chi connectivity index (χ1n) is 8.35. The van der Waals surface area contributed by atoms with E-state index in [9.17, 15) is 14.7 Å². The van der Waals surface area contributed by atoms with E-state index in [2.05, 4.69) is 5.32 Å². The molecule has 0 saturated heterocycles. The summed E-state index contributed by atoms with van der Waals surface area (Å²) >= 11 is 0. The second-order valence-electron chi connectivity index (χ2n) is 6.19. The Morgan fingerprint density at radius 3 is 2.39 bits per heavy atom. The van der Waals surface area contributed by atoms with Gasteiger partial charge in [-0.1, -0.05) is 68.9 Å². The molecule has 2 rings (SSSR count). The second-order valence-corrected chi connectivity index (χ2v) is 6.19. The van der Waals surface area contributed by atoms with Crippen molar-refractivity contribution in [3.05, 3.63) is 35.9 Å². The number of alkyl carbamates (subject to hydrolysis) is 1. The molecule has 0 aliphatic heterocycles. The quantitative estimate of drug-likeness (QED) is 0.783. The normalized spacial score (nSPS) is 17.0. The van der Waals surface area contributed by atoms with E-state index in [-0.39, 0.29) is 6.61 Å². The Bertz CT molecular complexity index is 495. The summed E-state index contributed by atoms with van der Waals surface area (Å²) in [5, 5.41) is 11.8. The van der Waals surface area contributed by atoms with E-state index in [0.717, 1.165) is 31.2 Å². The zero-order valence-electron chi connectivity index (χ0n) is 13.4. The van der Waals surface area contributed by atoms with Crippen LogP contribution in [0.15, 0.2) is 30.3 Å². The third-order valence-corrected chi connectivity index (χ3v) is 4.35. The molecule has 0 bridgehead atoms. The minimum absolute atomic E-state index is 0.141. The lowest BCUT2D eigenvalue weighted by Gasteiger charge is -2.20. The van der Waals surface area contributed by atoms with Crippen LogP contribution in [0.5, 0.6) is 0 Å². The van der Waals surface area contributed by atoms with Crippen molar-refractivity contribution in [2.24, 2.45) is 5.92 Å². The summed E-state index contributed by atoms with van der Waals surface area (Å²) in [6, 6.07) is 8.45. The fourth-order valence-electron chi connectivity index (χ4n) is 3.06. The van der Waals surface area contributed by atoms with Gasteiger partial charge in [-0.2, -0.15) is 0 Å². The average molecular weight is 319 g/mol. The van der Waals surface area contributed by atoms with Gasteiger partial charge in [-0.05, 0) is 17.9 Å². The Hall–Kier alpha value is -2.04. The summed E-state index contributed by atoms with van der Waals surface area (Å²) in [6.07, 6.45) is 6.65. The Balaban J connectivity index is 1.80. The highest BCUT2D eigenvalue weighted by atomic mass is 16.5. The van der Waals surface area contributed by atoms with Crippen LogP contribution in [-0.4, -0.2) is 23.2 Å². The van der Waals surface area contributed by atoms with Gasteiger partial charge in [-0.3, -0.25) is 0 Å². The first-order chi connectivity index (χ1) is 11.1. The van der Waals surface area contributed by atoms with Crippen molar-refractivity contribution >= 4 is 12.1 Å². The number of rotatable bonds is 6. The van der Waals surface area contributed by atoms with Crippen LogP contribution in [0.4, 0.5) is 4.79 Å². The Morgan fingerprint density at radius 1 is 1.13 bits per heavy atom. The largest absolute Gasteiger partial charge is 0.480 e. The highest BCUT2D eigenvalue weighted by molar-refractivity contribution is 5.79. The van der Waals surface area contributed by atoms with Crippen molar-refractivity contribution in [1.29, 1.82) is 0 Å². The number of carboxylic acids is 1. The molecule has 0 aromatic heterocycles. The van der Waals surface area contributed by atoms with Crippen molar-refractivity contribution < 1.29 is 19.4 Å². The molecular weight excluding hydrogens is 294 g/mol. The van der Waals surface area contributed by atoms with Gasteiger partial charge in [-0.25, -0.2) is 9.59 Å². The molecule has 23 heavy (non-hydrogen) atoms. The summed E-state index contributed by atoms with van der Waals surface area (Å²) in [6.45, 7) is 0.141. The average Bonchev–Trinajstić information content (AvgIpc) is 2.82. The van der Waals surface area contributed by atoms with Crippen molar-refractivity contribution in [3.8, 4) is 0 Å². The van der Waals surface area contributed by atoms with Crippen LogP contribution in [0.2, 0.25) is 0 Å². The van der Waals surface area contributed by atoms with Crippen molar-refractivity contribution in [3.63, 3.8) is 0 Å². The monoisotopic (exact) mass is 319 g/mol. The number of ether oxygens (including phenoxy) is 1. The molecule has 1 amide bonds. The summed E-state index contributed by atoms with van der Waals surface area (Å²) < 4.78 is 5.11. The van der Waals surface area contributed by atoms with Gasteiger partial charge in [0.15, 0.2) is 0 Å². The zero-order chi connectivity index (χ0) is 16.5. The van der Waals surface area contributed by atoms with Gasteiger partial charge in [-0.15, -0.1) is 0 Å². The molecule has 0 unspecified atom stereocenters. The van der Waals surface area contributed by atoms with Gasteiger partial charge in [0, 0.05) is 0 Å². The van der Waals surface area contributed by atoms with E-state index in [4.69, 9.17) is 4.74 Å². The molecule has 1 aromatic carbocycles. The van der Waals surface area contributed by atoms with Crippen LogP contribution >= 0.6 is 0 Å². The fraction of sp³-hybridized carbons (Fsp3) is 0.556. The van der Waals surface area contributed by atoms with Crippen molar-refractivity contribution in [1.82, 2.24) is 5.32 Å². The smallest absolute Gasteiger partial charge is 0.408 e. The number of hydrogen-bond donors (Lipinski definition) is 2. The second kappa shape index (κ2) is 9.18. The van der Waals surface area contributed by atoms with Gasteiger partial charge in [0.2, 0.25) is 0 Å². The summed E-state index contributed by atoms with van der Waals surface area (Å²) in [5.41, 5.74) is 0.873. The fourth-order valence-corrected chi connectivity index (χ4v) is 3.06. The lowest BCUT2D eigenvalue weighted by atomic mass is 9.92. The molecule has 1 fully saturated rings. The summed E-state index contributed by atoms with van der Waals surface area (Å²) in [7, 11) is 0. The first kappa shape index (κ1) is 17.3. The van der Waals surface area contributed by atoms with Gasteiger partial charge in [0.25, 0.3) is 0 Å². The van der Waals surface area contributed by atoms with E-state index >= 15 is 0 Å². The SMILES string of the molecule is O=C(N[C@@H](CC1CCCCCC1)C(=O)O)OCc1ccccc1. The molecule has 5 nitrogen and oxygen atoms in total. The predicted octanol–water partition coefficient (Wildman–Crippen LogP) is 3.73. The first-order valence-corrected chi connectivity index (χ1v) is 8.35. The predicted molar refractivity (Wildman–Crippen MR) is 87.0 cm³/mol. The maximum atomic E-state index is 11.8. The Kier molecular flexibility index (Phi) is 6.91. The highest BCUT2D eigenvalue weighted by Crippen LogP contribution is 2.26. The lowest BCUT2D eigenvalue weighted by molar-refractivity contribution is -0.139. The van der Waals surface area contributed by atoms with E-state index < -0.39 is 18.1 Å². The molecule has 1 aromatic rings. The molecule has 1 atom stereocenters. The Labute approximate surface area is 137 Å². The van der Waals surface area contributed by atoms with Crippen LogP contribution < -0.4 is 5.32 Å². The number of aliphatic carboxylic acids is 1. The number of amides is 1. The molecule has 1 saturated carbocycles. The van der Waals surface area contributed by atoms with Crippen LogP contribution in [0, 0.1) is 5.92 Å². The standard InChI is InChI=1S/C18H25NO4/c20-17(21)16(12-14-8-4-1-2-5-9-14)19-18(22)23-13-15-10-6-3-7-11-15/h3,6-7,10-11,14,16H,1-2,4-5,8-9,12-13H2,(H,19,22)(H,20,21)/t16-/m0/s1. The van der Waals surface area contributed by atoms with E-state index in [1.807, 2.05) is 30.3 Å². The molecule has 2 N–H and O–H groups in total. The van der Waals surface area contributed by atoms with Crippen molar-refractivity contribution in [2.75, 3.05) is 0 Å². The van der Waals surface area contributed by atoms with Crippen LogP contribution in [0.3, 0.4) is 0 Å². The maximum Gasteiger partial charge on any atom is 0.408 e. The lowest BCUT2D eigenvalue weighted by Crippen LogP contribution is -2.42. The maximum absolute atomic E-state index is 11.8. The minimum Gasteiger partial charge on any atom is -0.480 e. The van der Waals surface area contributed by atoms with Gasteiger partial charge in [0.1, 0.15) is 12.6 Å². The number of carboxylic acid groups (broad SMARTS) is 1. The Morgan fingerprint density at radius 2 is 1.78 bits per heavy atom. The highest BCUT2D eigenvalue weighted by Gasteiger charge is 2.25. The van der Waals surface area contributed by atoms with Gasteiger partial charge in [0.05, 0.1) is 0 Å². The molecule has 126 valence electrons. The minimum atomic E-state index is -0.995. The molecular formula is C18H25NO4. The molecule has 0 heterocycles. The van der Waals surface area contributed by atoms with Crippen LogP contribution in [0.25, 0.3) is 0 Å². The van der Waals surface area contributed by atoms with Crippen LogP contribution in [0.1, 0.15) is 50.5 Å². The molecule has 0 spiro atoms. The molecule has 5 heteroatoms. The molecule has 0 radical (unpaired) electrons. The summed E-state index contributed by atoms with van der Waals surface area (Å²) in [5.74, 6) is -0.626. The number of carbonyl (C=O) groups is 2. The van der Waals surface area contributed by atoms with E-state index in [0.29, 0.717) is 12.3 Å². The van der Waals surface area contributed by atoms with E-state index in [1.165, 1.54) is 12.8 Å². The number of hydrogen-bond acceptors (Lipinski definition) is 3. The van der Waals surface area contributed by atoms with Crippen molar-refractivity contribution in [2.45, 2.75) is 57.6 Å². The van der Waals surface area contributed by atoms with Crippen LogP contribution in [-0.2, 0) is 16.1 Å².